The Morgan fingerprint density at radius 3 is 2.36 bits per heavy atom. The van der Waals surface area contributed by atoms with Crippen LogP contribution in [0.1, 0.15) is 5.56 Å². The Bertz CT molecular complexity index is 794. The van der Waals surface area contributed by atoms with Gasteiger partial charge in [-0.15, -0.1) is 0 Å². The lowest BCUT2D eigenvalue weighted by Gasteiger charge is -2.17. The number of halogens is 3. The molecule has 132 valence electrons. The monoisotopic (exact) mass is 401 g/mol. The number of nitro benzene ring substituents is 1. The highest BCUT2D eigenvalue weighted by Gasteiger charge is 2.13. The fraction of sp³-hybridized carbons (Fsp3) is 0.188. The van der Waals surface area contributed by atoms with Gasteiger partial charge in [0, 0.05) is 28.7 Å². The summed E-state index contributed by atoms with van der Waals surface area (Å²) in [6.07, 6.45) is 0. The maximum absolute atomic E-state index is 12.1. The highest BCUT2D eigenvalue weighted by Crippen LogP contribution is 2.26. The van der Waals surface area contributed by atoms with Gasteiger partial charge in [-0.3, -0.25) is 19.8 Å². The molecule has 1 N–H and O–H groups in total. The number of nitro groups is 1. The number of carbonyl (C=O) groups is 1. The summed E-state index contributed by atoms with van der Waals surface area (Å²) >= 11 is 17.9. The van der Waals surface area contributed by atoms with Crippen LogP contribution in [0, 0.1) is 10.1 Å². The molecular formula is C16H14Cl3N3O3. The van der Waals surface area contributed by atoms with Crippen LogP contribution in [0.4, 0.5) is 11.4 Å². The van der Waals surface area contributed by atoms with Crippen LogP contribution in [0.3, 0.4) is 0 Å². The molecule has 2 aromatic rings. The van der Waals surface area contributed by atoms with Gasteiger partial charge in [0.1, 0.15) is 0 Å². The van der Waals surface area contributed by atoms with Gasteiger partial charge in [-0.25, -0.2) is 0 Å². The number of likely N-dealkylation sites (N-methyl/N-ethyl adjacent to an activating group) is 1. The Labute approximate surface area is 159 Å². The molecule has 0 aromatic heterocycles. The molecule has 0 atom stereocenters. The first-order valence-electron chi connectivity index (χ1n) is 7.12. The summed E-state index contributed by atoms with van der Waals surface area (Å²) < 4.78 is 0. The minimum atomic E-state index is -0.554. The fourth-order valence-electron chi connectivity index (χ4n) is 2.22. The molecule has 0 fully saturated rings. The minimum absolute atomic E-state index is 0.0947. The molecule has 0 bridgehead atoms. The summed E-state index contributed by atoms with van der Waals surface area (Å²) in [6.45, 7) is 0.569. The van der Waals surface area contributed by atoms with E-state index in [0.717, 1.165) is 5.56 Å². The summed E-state index contributed by atoms with van der Waals surface area (Å²) in [4.78, 5) is 24.0. The van der Waals surface area contributed by atoms with E-state index in [-0.39, 0.29) is 23.2 Å². The highest BCUT2D eigenvalue weighted by molar-refractivity contribution is 6.34. The van der Waals surface area contributed by atoms with Crippen molar-refractivity contribution in [3.8, 4) is 0 Å². The molecule has 9 heteroatoms. The maximum atomic E-state index is 12.1. The topological polar surface area (TPSA) is 75.5 Å². The standard InChI is InChI=1S/C16H14Cl3N3O3/c1-21(8-10-4-11(17)6-12(18)5-10)9-16(23)20-15-3-2-13(22(24)25)7-14(15)19/h2-7H,8-9H2,1H3,(H,20,23). The molecule has 0 aliphatic carbocycles. The maximum Gasteiger partial charge on any atom is 0.271 e. The number of non-ortho nitro benzene ring substituents is 1. The first-order chi connectivity index (χ1) is 11.7. The number of nitrogens with one attached hydrogen (secondary N) is 1. The third kappa shape index (κ3) is 5.86. The Morgan fingerprint density at radius 2 is 1.80 bits per heavy atom. The smallest absolute Gasteiger partial charge is 0.271 e. The third-order valence-electron chi connectivity index (χ3n) is 3.23. The lowest BCUT2D eigenvalue weighted by Crippen LogP contribution is -2.29. The van der Waals surface area contributed by atoms with E-state index in [4.69, 9.17) is 34.8 Å². The van der Waals surface area contributed by atoms with Gasteiger partial charge in [-0.2, -0.15) is 0 Å². The molecule has 2 aromatic carbocycles. The van der Waals surface area contributed by atoms with E-state index in [2.05, 4.69) is 5.32 Å². The van der Waals surface area contributed by atoms with Gasteiger partial charge in [-0.05, 0) is 36.9 Å². The Balaban J connectivity index is 1.96. The van der Waals surface area contributed by atoms with Crippen LogP contribution in [0.15, 0.2) is 36.4 Å². The van der Waals surface area contributed by atoms with Crippen LogP contribution in [0.2, 0.25) is 15.1 Å². The average Bonchev–Trinajstić information content (AvgIpc) is 2.47. The van der Waals surface area contributed by atoms with E-state index in [1.807, 2.05) is 0 Å². The van der Waals surface area contributed by atoms with Gasteiger partial charge < -0.3 is 5.32 Å². The summed E-state index contributed by atoms with van der Waals surface area (Å²) in [6, 6.07) is 9.04. The highest BCUT2D eigenvalue weighted by atomic mass is 35.5. The molecule has 6 nitrogen and oxygen atoms in total. The molecule has 0 radical (unpaired) electrons. The second-order valence-corrected chi connectivity index (χ2v) is 6.70. The van der Waals surface area contributed by atoms with Crippen molar-refractivity contribution in [3.63, 3.8) is 0 Å². The van der Waals surface area contributed by atoms with E-state index in [9.17, 15) is 14.9 Å². The van der Waals surface area contributed by atoms with E-state index in [1.165, 1.54) is 18.2 Å². The predicted molar refractivity (Wildman–Crippen MR) is 99.5 cm³/mol. The lowest BCUT2D eigenvalue weighted by molar-refractivity contribution is -0.384. The molecule has 0 unspecified atom stereocenters. The molecule has 0 saturated heterocycles. The molecule has 25 heavy (non-hydrogen) atoms. The number of anilines is 1. The van der Waals surface area contributed by atoms with Crippen LogP contribution in [0.5, 0.6) is 0 Å². The van der Waals surface area contributed by atoms with Crippen molar-refractivity contribution in [1.29, 1.82) is 0 Å². The molecule has 0 aliphatic heterocycles. The number of carbonyl (C=O) groups excluding carboxylic acids is 1. The van der Waals surface area contributed by atoms with E-state index < -0.39 is 4.92 Å². The quantitative estimate of drug-likeness (QED) is 0.565. The van der Waals surface area contributed by atoms with Gasteiger partial charge in [0.05, 0.1) is 22.2 Å². The van der Waals surface area contributed by atoms with Gasteiger partial charge in [0.15, 0.2) is 0 Å². The Hall–Kier alpha value is -1.86. The van der Waals surface area contributed by atoms with Crippen molar-refractivity contribution in [2.24, 2.45) is 0 Å². The van der Waals surface area contributed by atoms with Gasteiger partial charge in [0.25, 0.3) is 5.69 Å². The van der Waals surface area contributed by atoms with Crippen LogP contribution in [-0.2, 0) is 11.3 Å². The zero-order chi connectivity index (χ0) is 18.6. The van der Waals surface area contributed by atoms with Crippen molar-refractivity contribution in [2.75, 3.05) is 18.9 Å². The first kappa shape index (κ1) is 19.5. The number of amides is 1. The Kier molecular flexibility index (Phi) is 6.61. The van der Waals surface area contributed by atoms with Gasteiger partial charge in [-0.1, -0.05) is 34.8 Å². The van der Waals surface area contributed by atoms with Gasteiger partial charge >= 0.3 is 0 Å². The summed E-state index contributed by atoms with van der Waals surface area (Å²) in [5, 5.41) is 14.5. The molecular weight excluding hydrogens is 389 g/mol. The largest absolute Gasteiger partial charge is 0.324 e. The molecule has 0 saturated carbocycles. The number of benzene rings is 2. The number of hydrogen-bond acceptors (Lipinski definition) is 4. The van der Waals surface area contributed by atoms with E-state index in [0.29, 0.717) is 22.3 Å². The molecule has 0 spiro atoms. The normalized spacial score (nSPS) is 10.8. The number of rotatable bonds is 6. The van der Waals surface area contributed by atoms with Crippen LogP contribution < -0.4 is 5.32 Å². The van der Waals surface area contributed by atoms with Crippen LogP contribution in [0.25, 0.3) is 0 Å². The zero-order valence-electron chi connectivity index (χ0n) is 13.1. The second kappa shape index (κ2) is 8.49. The fourth-order valence-corrected chi connectivity index (χ4v) is 3.02. The van der Waals surface area contributed by atoms with Crippen LogP contribution in [-0.4, -0.2) is 29.3 Å². The SMILES string of the molecule is CN(CC(=O)Nc1ccc([N+](=O)[O-])cc1Cl)Cc1cc(Cl)cc(Cl)c1. The molecule has 0 heterocycles. The summed E-state index contributed by atoms with van der Waals surface area (Å²) in [7, 11) is 1.77. The molecule has 1 amide bonds. The van der Waals surface area contributed by atoms with Crippen molar-refractivity contribution in [2.45, 2.75) is 6.54 Å². The lowest BCUT2D eigenvalue weighted by atomic mass is 10.2. The van der Waals surface area contributed by atoms with Crippen molar-refractivity contribution in [3.05, 3.63) is 67.1 Å². The van der Waals surface area contributed by atoms with E-state index in [1.54, 1.807) is 30.1 Å². The number of hydrogen-bond donors (Lipinski definition) is 1. The third-order valence-corrected chi connectivity index (χ3v) is 3.98. The summed E-state index contributed by atoms with van der Waals surface area (Å²) in [5.74, 6) is -0.300. The molecule has 2 rings (SSSR count). The summed E-state index contributed by atoms with van der Waals surface area (Å²) in [5.41, 5.74) is 1.05. The zero-order valence-corrected chi connectivity index (χ0v) is 15.4. The molecule has 0 aliphatic rings. The predicted octanol–water partition coefficient (Wildman–Crippen LogP) is 4.63. The Morgan fingerprint density at radius 1 is 1.16 bits per heavy atom. The van der Waals surface area contributed by atoms with Gasteiger partial charge in [0.2, 0.25) is 5.91 Å². The van der Waals surface area contributed by atoms with E-state index >= 15 is 0 Å². The number of nitrogens with zero attached hydrogens (tertiary/aromatic N) is 2. The van der Waals surface area contributed by atoms with Crippen molar-refractivity contribution in [1.82, 2.24) is 4.90 Å². The van der Waals surface area contributed by atoms with Crippen LogP contribution >= 0.6 is 34.8 Å². The first-order valence-corrected chi connectivity index (χ1v) is 8.25. The average molecular weight is 403 g/mol. The second-order valence-electron chi connectivity index (χ2n) is 5.42. The van der Waals surface area contributed by atoms with Crippen molar-refractivity contribution < 1.29 is 9.72 Å². The van der Waals surface area contributed by atoms with Crippen molar-refractivity contribution >= 4 is 52.1 Å². The minimum Gasteiger partial charge on any atom is -0.324 e.